The van der Waals surface area contributed by atoms with Crippen molar-refractivity contribution in [3.8, 4) is 0 Å². The molecule has 6 N–H and O–H groups in total. The van der Waals surface area contributed by atoms with Gasteiger partial charge in [0.1, 0.15) is 42.5 Å². The maximum atomic E-state index is 15.1. The summed E-state index contributed by atoms with van der Waals surface area (Å²) in [5.74, 6) is -6.95. The van der Waals surface area contributed by atoms with Crippen molar-refractivity contribution in [3.05, 3.63) is 71.8 Å². The number of likely N-dealkylation sites (N-methyl/N-ethyl adjacent to an activating group) is 6. The standard InChI is InChI=1S/C65H102N12O13/c1-15-18-26-35-77(40-53(80)69-55(44(8)79)63(88)75(14)64(89)70(9)47(41-78)36-42(4)5)60(85)52(39-46-31-24-20-25-32-46)72(11)58(83)48(16-2)67-57(82)51(38-45-29-22-19-23-30-45)73(12)65(90)74(13)59(84)49(37-43(6)7)68-56(81)50(17-3)71(10)61(86)54(66)62(87)76-33-27-21-28-34-76/h19-20,22-25,29-32,41-44,47-52,54-55,79H,15-18,21,26-28,33-40,66H2,1-14H3,(H,67,82)(H,68,81)(H,69,80)/t44-,47+,48?,49+,50+,51+,52+,54+,55?/m1/s1. The van der Waals surface area contributed by atoms with E-state index in [-0.39, 0.29) is 50.5 Å². The molecule has 0 radical (unpaired) electrons. The van der Waals surface area contributed by atoms with E-state index >= 15 is 4.79 Å². The molecule has 2 aromatic carbocycles. The highest BCUT2D eigenvalue weighted by molar-refractivity contribution is 6.06. The molecule has 2 aromatic rings. The summed E-state index contributed by atoms with van der Waals surface area (Å²) in [6, 6.07) is 5.40. The summed E-state index contributed by atoms with van der Waals surface area (Å²) in [7, 11) is 7.86. The van der Waals surface area contributed by atoms with E-state index in [1.165, 1.54) is 59.0 Å². The lowest BCUT2D eigenvalue weighted by Gasteiger charge is -2.36. The lowest BCUT2D eigenvalue weighted by atomic mass is 10.0. The van der Waals surface area contributed by atoms with E-state index in [0.29, 0.717) is 54.7 Å². The van der Waals surface area contributed by atoms with Crippen LogP contribution in [0, 0.1) is 11.8 Å². The molecule has 1 saturated heterocycles. The van der Waals surface area contributed by atoms with Crippen molar-refractivity contribution in [2.75, 3.05) is 68.5 Å². The van der Waals surface area contributed by atoms with Gasteiger partial charge in [0.15, 0.2) is 6.04 Å². The van der Waals surface area contributed by atoms with Gasteiger partial charge in [0.25, 0.3) is 11.8 Å². The maximum absolute atomic E-state index is 15.1. The third-order valence-corrected chi connectivity index (χ3v) is 16.4. The fourth-order valence-electron chi connectivity index (χ4n) is 10.8. The van der Waals surface area contributed by atoms with Crippen LogP contribution in [-0.2, 0) is 60.8 Å². The number of imide groups is 2. The molecule has 25 heteroatoms. The fraction of sp³-hybridized carbons (Fsp3) is 0.631. The number of hydrogen-bond acceptors (Lipinski definition) is 14. The second-order valence-corrected chi connectivity index (χ2v) is 24.4. The number of rotatable bonds is 33. The molecule has 0 spiro atoms. The summed E-state index contributed by atoms with van der Waals surface area (Å²) in [5.41, 5.74) is 7.46. The van der Waals surface area contributed by atoms with E-state index in [1.807, 2.05) is 34.6 Å². The Hall–Kier alpha value is -7.80. The molecule has 0 aliphatic carbocycles. The third kappa shape index (κ3) is 22.0. The number of hydrogen-bond donors (Lipinski definition) is 5. The number of benzene rings is 2. The number of nitrogens with zero attached hydrogens (tertiary/aromatic N) is 8. The zero-order valence-corrected chi connectivity index (χ0v) is 55.5. The predicted octanol–water partition coefficient (Wildman–Crippen LogP) is 3.19. The number of nitrogens with one attached hydrogen (secondary N) is 3. The Kier molecular flexibility index (Phi) is 31.8. The first-order chi connectivity index (χ1) is 42.5. The van der Waals surface area contributed by atoms with Crippen LogP contribution < -0.4 is 21.7 Å². The van der Waals surface area contributed by atoms with E-state index in [1.54, 1.807) is 79.4 Å². The van der Waals surface area contributed by atoms with Crippen molar-refractivity contribution in [3.63, 3.8) is 0 Å². The number of piperidine rings is 1. The van der Waals surface area contributed by atoms with Gasteiger partial charge < -0.3 is 61.0 Å². The quantitative estimate of drug-likeness (QED) is 0.0390. The number of aldehydes is 1. The second kappa shape index (κ2) is 37.4. The first-order valence-electron chi connectivity index (χ1n) is 31.5. The number of amides is 13. The minimum atomic E-state index is -1.65. The van der Waals surface area contributed by atoms with Gasteiger partial charge in [0, 0.05) is 74.8 Å². The van der Waals surface area contributed by atoms with Crippen molar-refractivity contribution in [1.29, 1.82) is 0 Å². The first-order valence-corrected chi connectivity index (χ1v) is 31.5. The Morgan fingerprint density at radius 3 is 1.57 bits per heavy atom. The molecular weight excluding hydrogens is 1160 g/mol. The van der Waals surface area contributed by atoms with Gasteiger partial charge in [-0.25, -0.2) is 9.59 Å². The topological polar surface area (TPSA) is 313 Å². The molecular formula is C65H102N12O13. The van der Waals surface area contributed by atoms with Crippen LogP contribution in [0.15, 0.2) is 60.7 Å². The molecule has 3 rings (SSSR count). The highest BCUT2D eigenvalue weighted by atomic mass is 16.3. The average Bonchev–Trinajstić information content (AvgIpc) is 1.21. The van der Waals surface area contributed by atoms with Gasteiger partial charge in [-0.2, -0.15) is 0 Å². The van der Waals surface area contributed by atoms with Crippen LogP contribution >= 0.6 is 0 Å². The molecule has 13 amide bonds. The molecule has 1 heterocycles. The number of likely N-dealkylation sites (tertiary alicyclic amines) is 1. The Balaban J connectivity index is 1.96. The largest absolute Gasteiger partial charge is 0.391 e. The van der Waals surface area contributed by atoms with E-state index in [4.69, 9.17) is 5.73 Å². The molecule has 1 fully saturated rings. The number of carbonyl (C=O) groups excluding carboxylic acids is 12. The normalized spacial score (nSPS) is 15.2. The van der Waals surface area contributed by atoms with Gasteiger partial charge in [-0.1, -0.05) is 122 Å². The number of aliphatic hydroxyl groups is 1. The van der Waals surface area contributed by atoms with E-state index in [2.05, 4.69) is 16.0 Å². The lowest BCUT2D eigenvalue weighted by molar-refractivity contribution is -0.148. The van der Waals surface area contributed by atoms with Crippen LogP contribution in [0.2, 0.25) is 0 Å². The second-order valence-electron chi connectivity index (χ2n) is 24.4. The fourth-order valence-corrected chi connectivity index (χ4v) is 10.8. The molecule has 0 bridgehead atoms. The van der Waals surface area contributed by atoms with Gasteiger partial charge in [-0.3, -0.25) is 53.0 Å². The van der Waals surface area contributed by atoms with Crippen molar-refractivity contribution >= 4 is 71.5 Å². The summed E-state index contributed by atoms with van der Waals surface area (Å²) in [4.78, 5) is 177. The third-order valence-electron chi connectivity index (χ3n) is 16.4. The van der Waals surface area contributed by atoms with Gasteiger partial charge >= 0.3 is 12.1 Å². The lowest BCUT2D eigenvalue weighted by Crippen LogP contribution is -2.61. The van der Waals surface area contributed by atoms with Crippen LogP contribution in [0.5, 0.6) is 0 Å². The molecule has 1 aliphatic rings. The van der Waals surface area contributed by atoms with E-state index in [9.17, 15) is 57.8 Å². The van der Waals surface area contributed by atoms with Crippen LogP contribution in [0.4, 0.5) is 9.59 Å². The smallest absolute Gasteiger partial charge is 0.326 e. The molecule has 9 atom stereocenters. The molecule has 2 unspecified atom stereocenters. The zero-order valence-electron chi connectivity index (χ0n) is 55.5. The Morgan fingerprint density at radius 1 is 0.567 bits per heavy atom. The minimum absolute atomic E-state index is 0.00370. The van der Waals surface area contributed by atoms with Crippen molar-refractivity contribution < 1.29 is 62.6 Å². The summed E-state index contributed by atoms with van der Waals surface area (Å²) in [6.07, 6.45) is 3.82. The van der Waals surface area contributed by atoms with Crippen LogP contribution in [-0.4, -0.2) is 239 Å². The molecule has 500 valence electrons. The summed E-state index contributed by atoms with van der Waals surface area (Å²) in [6.45, 7) is 14.3. The maximum Gasteiger partial charge on any atom is 0.326 e. The van der Waals surface area contributed by atoms with Crippen molar-refractivity contribution in [2.24, 2.45) is 17.6 Å². The molecule has 25 nitrogen and oxygen atoms in total. The van der Waals surface area contributed by atoms with E-state index < -0.39 is 126 Å². The highest BCUT2D eigenvalue weighted by Gasteiger charge is 2.41. The summed E-state index contributed by atoms with van der Waals surface area (Å²) >= 11 is 0. The first kappa shape index (κ1) is 76.4. The summed E-state index contributed by atoms with van der Waals surface area (Å²) < 4.78 is 0. The van der Waals surface area contributed by atoms with Crippen molar-refractivity contribution in [2.45, 2.75) is 187 Å². The van der Waals surface area contributed by atoms with Crippen LogP contribution in [0.25, 0.3) is 0 Å². The van der Waals surface area contributed by atoms with Crippen molar-refractivity contribution in [1.82, 2.24) is 55.1 Å². The number of unbranched alkanes of at least 4 members (excludes halogenated alkanes) is 2. The SMILES string of the molecule is CCCCCN(CC(=O)NC(C(=O)N(C)C(=O)N(C)[C@H](C=O)CC(C)C)[C@@H](C)O)C(=O)[C@H](Cc1ccccc1)N(C)C(=O)C(CC)NC(=O)[C@H](Cc1ccccc1)N(C)C(=O)N(C)C(=O)[C@H](CC(C)C)NC(=O)[C@H](CC)N(C)C(=O)[C@H](N)C(=O)N1CCCCC1. The minimum Gasteiger partial charge on any atom is -0.391 e. The molecule has 0 saturated carbocycles. The monoisotopic (exact) mass is 1260 g/mol. The van der Waals surface area contributed by atoms with Gasteiger partial charge in [-0.05, 0) is 81.3 Å². The summed E-state index contributed by atoms with van der Waals surface area (Å²) in [5, 5.41) is 18.9. The molecule has 90 heavy (non-hydrogen) atoms. The van der Waals surface area contributed by atoms with Gasteiger partial charge in [-0.15, -0.1) is 0 Å². The number of urea groups is 2. The van der Waals surface area contributed by atoms with E-state index in [0.717, 1.165) is 45.3 Å². The predicted molar refractivity (Wildman–Crippen MR) is 340 cm³/mol. The zero-order chi connectivity index (χ0) is 67.7. The number of carbonyl (C=O) groups is 12. The molecule has 1 aliphatic heterocycles. The Bertz CT molecular complexity index is 2730. The van der Waals surface area contributed by atoms with Gasteiger partial charge in [0.05, 0.1) is 18.7 Å². The average molecular weight is 1260 g/mol. The number of nitrogens with two attached hydrogens (primary N) is 1. The highest BCUT2D eigenvalue weighted by Crippen LogP contribution is 2.20. The van der Waals surface area contributed by atoms with Gasteiger partial charge in [0.2, 0.25) is 41.4 Å². The number of aliphatic hydroxyl groups excluding tert-OH is 1. The Labute approximate surface area is 532 Å². The van der Waals surface area contributed by atoms with Crippen LogP contribution in [0.1, 0.15) is 131 Å². The van der Waals surface area contributed by atoms with Crippen LogP contribution in [0.3, 0.4) is 0 Å². The molecule has 0 aromatic heterocycles. The Morgan fingerprint density at radius 2 is 1.07 bits per heavy atom.